The van der Waals surface area contributed by atoms with E-state index in [-0.39, 0.29) is 5.97 Å². The third kappa shape index (κ3) is 3.09. The van der Waals surface area contributed by atoms with E-state index in [1.54, 1.807) is 12.1 Å². The Morgan fingerprint density at radius 2 is 1.68 bits per heavy atom. The summed E-state index contributed by atoms with van der Waals surface area (Å²) in [5.74, 6) is -0.318. The lowest BCUT2D eigenvalue weighted by molar-refractivity contribution is 0.0601. The van der Waals surface area contributed by atoms with Gasteiger partial charge in [-0.25, -0.2) is 4.79 Å². The highest BCUT2D eigenvalue weighted by Crippen LogP contribution is 2.17. The fourth-order valence-corrected chi connectivity index (χ4v) is 2.39. The number of carbonyl (C=O) groups is 1. The van der Waals surface area contributed by atoms with Crippen molar-refractivity contribution in [3.8, 4) is 0 Å². The summed E-state index contributed by atoms with van der Waals surface area (Å²) in [7, 11) is 1.38. The highest BCUT2D eigenvalue weighted by atomic mass is 16.5. The minimum atomic E-state index is -0.318. The number of hydrogen-bond donors (Lipinski definition) is 1. The Hall–Kier alpha value is -2.81. The fraction of sp³-hybridized carbons (Fsp3) is 0.105. The van der Waals surface area contributed by atoms with Crippen molar-refractivity contribution in [2.45, 2.75) is 6.54 Å². The van der Waals surface area contributed by atoms with Gasteiger partial charge in [0.2, 0.25) is 0 Å². The minimum absolute atomic E-state index is 0.318. The number of methoxy groups -OCH3 is 1. The zero-order chi connectivity index (χ0) is 15.4. The number of benzene rings is 3. The number of nitrogens with one attached hydrogen (secondary N) is 1. The zero-order valence-electron chi connectivity index (χ0n) is 12.4. The maximum atomic E-state index is 11.4. The van der Waals surface area contributed by atoms with Gasteiger partial charge in [0.25, 0.3) is 0 Å². The van der Waals surface area contributed by atoms with Crippen molar-refractivity contribution in [3.05, 3.63) is 77.9 Å². The second kappa shape index (κ2) is 6.31. The van der Waals surface area contributed by atoms with Gasteiger partial charge in [-0.1, -0.05) is 36.4 Å². The van der Waals surface area contributed by atoms with Crippen LogP contribution in [0.25, 0.3) is 10.8 Å². The van der Waals surface area contributed by atoms with Crippen LogP contribution in [0.15, 0.2) is 66.7 Å². The van der Waals surface area contributed by atoms with Crippen molar-refractivity contribution in [2.75, 3.05) is 12.4 Å². The molecule has 0 aromatic heterocycles. The SMILES string of the molecule is COC(=O)c1ccc(NCc2ccc3ccccc3c2)cc1. The van der Waals surface area contributed by atoms with E-state index in [0.29, 0.717) is 5.56 Å². The molecule has 0 atom stereocenters. The zero-order valence-corrected chi connectivity index (χ0v) is 12.4. The van der Waals surface area contributed by atoms with Crippen LogP contribution in [0.5, 0.6) is 0 Å². The molecule has 0 spiro atoms. The molecule has 1 N–H and O–H groups in total. The van der Waals surface area contributed by atoms with E-state index in [1.165, 1.54) is 23.4 Å². The van der Waals surface area contributed by atoms with Crippen LogP contribution in [0.1, 0.15) is 15.9 Å². The fourth-order valence-electron chi connectivity index (χ4n) is 2.39. The monoisotopic (exact) mass is 291 g/mol. The van der Waals surface area contributed by atoms with E-state index in [9.17, 15) is 4.79 Å². The standard InChI is InChI=1S/C19H17NO2/c1-22-19(21)16-8-10-18(11-9-16)20-13-14-6-7-15-4-2-3-5-17(15)12-14/h2-12,20H,13H2,1H3. The van der Waals surface area contributed by atoms with Gasteiger partial charge < -0.3 is 10.1 Å². The topological polar surface area (TPSA) is 38.3 Å². The van der Waals surface area contributed by atoms with Gasteiger partial charge in [0.05, 0.1) is 12.7 Å². The molecule has 3 aromatic rings. The second-order valence-corrected chi connectivity index (χ2v) is 5.10. The maximum Gasteiger partial charge on any atom is 0.337 e. The third-order valence-corrected chi connectivity index (χ3v) is 3.62. The van der Waals surface area contributed by atoms with Crippen molar-refractivity contribution in [1.82, 2.24) is 0 Å². The molecular weight excluding hydrogens is 274 g/mol. The Morgan fingerprint density at radius 1 is 0.955 bits per heavy atom. The molecular formula is C19H17NO2. The van der Waals surface area contributed by atoms with Gasteiger partial charge >= 0.3 is 5.97 Å². The summed E-state index contributed by atoms with van der Waals surface area (Å²) in [6.45, 7) is 0.738. The molecule has 3 rings (SSSR count). The summed E-state index contributed by atoms with van der Waals surface area (Å²) in [5, 5.41) is 5.84. The van der Waals surface area contributed by atoms with Gasteiger partial charge in [-0.05, 0) is 46.7 Å². The molecule has 0 saturated heterocycles. The Labute approximate surface area is 129 Å². The molecule has 22 heavy (non-hydrogen) atoms. The maximum absolute atomic E-state index is 11.4. The van der Waals surface area contributed by atoms with Crippen molar-refractivity contribution < 1.29 is 9.53 Å². The first kappa shape index (κ1) is 14.1. The highest BCUT2D eigenvalue weighted by Gasteiger charge is 2.04. The molecule has 3 nitrogen and oxygen atoms in total. The summed E-state index contributed by atoms with van der Waals surface area (Å²) in [6, 6.07) is 22.0. The van der Waals surface area contributed by atoms with Gasteiger partial charge in [-0.2, -0.15) is 0 Å². The van der Waals surface area contributed by atoms with Gasteiger partial charge in [-0.3, -0.25) is 0 Å². The van der Waals surface area contributed by atoms with Crippen LogP contribution in [0.3, 0.4) is 0 Å². The molecule has 3 heteroatoms. The molecule has 3 aromatic carbocycles. The number of fused-ring (bicyclic) bond motifs is 1. The Morgan fingerprint density at radius 3 is 2.41 bits per heavy atom. The number of ether oxygens (including phenoxy) is 1. The predicted octanol–water partition coefficient (Wildman–Crippen LogP) is 4.24. The summed E-state index contributed by atoms with van der Waals surface area (Å²) in [5.41, 5.74) is 2.75. The molecule has 0 fully saturated rings. The molecule has 0 aliphatic rings. The molecule has 110 valence electrons. The van der Waals surface area contributed by atoms with Crippen molar-refractivity contribution >= 4 is 22.4 Å². The first-order valence-corrected chi connectivity index (χ1v) is 7.16. The Balaban J connectivity index is 1.69. The predicted molar refractivity (Wildman–Crippen MR) is 89.1 cm³/mol. The van der Waals surface area contributed by atoms with Gasteiger partial charge in [-0.15, -0.1) is 0 Å². The largest absolute Gasteiger partial charge is 0.465 e. The summed E-state index contributed by atoms with van der Waals surface area (Å²) < 4.78 is 4.69. The van der Waals surface area contributed by atoms with Gasteiger partial charge in [0.15, 0.2) is 0 Å². The number of hydrogen-bond acceptors (Lipinski definition) is 3. The first-order chi connectivity index (χ1) is 10.8. The molecule has 0 radical (unpaired) electrons. The molecule has 0 bridgehead atoms. The lowest BCUT2D eigenvalue weighted by Gasteiger charge is -2.08. The van der Waals surface area contributed by atoms with Crippen LogP contribution in [0.4, 0.5) is 5.69 Å². The molecule has 0 aliphatic heterocycles. The summed E-state index contributed by atoms with van der Waals surface area (Å²) >= 11 is 0. The van der Waals surface area contributed by atoms with E-state index in [0.717, 1.165) is 12.2 Å². The third-order valence-electron chi connectivity index (χ3n) is 3.62. The number of esters is 1. The van der Waals surface area contributed by atoms with E-state index < -0.39 is 0 Å². The van der Waals surface area contributed by atoms with Crippen LogP contribution in [0, 0.1) is 0 Å². The second-order valence-electron chi connectivity index (χ2n) is 5.10. The van der Waals surface area contributed by atoms with Crippen LogP contribution in [-0.4, -0.2) is 13.1 Å². The van der Waals surface area contributed by atoms with E-state index in [2.05, 4.69) is 40.4 Å². The smallest absolute Gasteiger partial charge is 0.337 e. The average Bonchev–Trinajstić information content (AvgIpc) is 2.59. The van der Waals surface area contributed by atoms with Gasteiger partial charge in [0, 0.05) is 12.2 Å². The Kier molecular flexibility index (Phi) is 4.05. The van der Waals surface area contributed by atoms with Crippen LogP contribution in [0.2, 0.25) is 0 Å². The van der Waals surface area contributed by atoms with Crippen molar-refractivity contribution in [3.63, 3.8) is 0 Å². The Bertz CT molecular complexity index is 794. The average molecular weight is 291 g/mol. The number of rotatable bonds is 4. The molecule has 0 amide bonds. The number of carbonyl (C=O) groups excluding carboxylic acids is 1. The summed E-state index contributed by atoms with van der Waals surface area (Å²) in [4.78, 5) is 11.4. The van der Waals surface area contributed by atoms with Crippen molar-refractivity contribution in [1.29, 1.82) is 0 Å². The molecule has 0 saturated carbocycles. The lowest BCUT2D eigenvalue weighted by atomic mass is 10.1. The minimum Gasteiger partial charge on any atom is -0.465 e. The van der Waals surface area contributed by atoms with Crippen LogP contribution >= 0.6 is 0 Å². The van der Waals surface area contributed by atoms with Crippen LogP contribution in [-0.2, 0) is 11.3 Å². The van der Waals surface area contributed by atoms with Gasteiger partial charge in [0.1, 0.15) is 0 Å². The summed E-state index contributed by atoms with van der Waals surface area (Å²) in [6.07, 6.45) is 0. The lowest BCUT2D eigenvalue weighted by Crippen LogP contribution is -2.02. The molecule has 0 heterocycles. The highest BCUT2D eigenvalue weighted by molar-refractivity contribution is 5.89. The van der Waals surface area contributed by atoms with E-state index in [1.807, 2.05) is 24.3 Å². The number of anilines is 1. The molecule has 0 aliphatic carbocycles. The van der Waals surface area contributed by atoms with E-state index >= 15 is 0 Å². The van der Waals surface area contributed by atoms with Crippen LogP contribution < -0.4 is 5.32 Å². The van der Waals surface area contributed by atoms with Crippen molar-refractivity contribution in [2.24, 2.45) is 0 Å². The quantitative estimate of drug-likeness (QED) is 0.731. The van der Waals surface area contributed by atoms with E-state index in [4.69, 9.17) is 0 Å². The normalized spacial score (nSPS) is 10.4. The first-order valence-electron chi connectivity index (χ1n) is 7.16. The molecule has 0 unspecified atom stereocenters.